The fraction of sp³-hybridized carbons (Fsp3) is 0.250. The van der Waals surface area contributed by atoms with E-state index in [9.17, 15) is 0 Å². The average Bonchev–Trinajstić information content (AvgIpc) is 2.64. The molecule has 0 aromatic heterocycles. The SMILES string of the molecule is c1ccc2c(c1)C1NNC2N1. The first kappa shape index (κ1) is 5.71. The summed E-state index contributed by atoms with van der Waals surface area (Å²) in [5, 5.41) is 3.37. The molecule has 3 rings (SSSR count). The van der Waals surface area contributed by atoms with E-state index in [1.807, 2.05) is 0 Å². The summed E-state index contributed by atoms with van der Waals surface area (Å²) in [6.07, 6.45) is 0.632. The lowest BCUT2D eigenvalue weighted by Crippen LogP contribution is -2.31. The van der Waals surface area contributed by atoms with Gasteiger partial charge in [0.15, 0.2) is 0 Å². The van der Waals surface area contributed by atoms with Crippen molar-refractivity contribution in [1.29, 1.82) is 0 Å². The normalized spacial score (nSPS) is 32.4. The minimum absolute atomic E-state index is 0.316. The Morgan fingerprint density at radius 2 is 1.45 bits per heavy atom. The summed E-state index contributed by atoms with van der Waals surface area (Å²) in [5.74, 6) is 0. The van der Waals surface area contributed by atoms with Crippen LogP contribution in [0.15, 0.2) is 24.3 Å². The molecule has 1 aromatic rings. The molecule has 1 fully saturated rings. The fourth-order valence-electron chi connectivity index (χ4n) is 1.79. The molecule has 3 heteroatoms. The highest BCUT2D eigenvalue weighted by Crippen LogP contribution is 2.32. The van der Waals surface area contributed by atoms with Crippen molar-refractivity contribution in [2.45, 2.75) is 12.3 Å². The Kier molecular flexibility index (Phi) is 0.946. The number of benzene rings is 1. The first-order chi connectivity index (χ1) is 5.45. The monoisotopic (exact) mass is 147 g/mol. The van der Waals surface area contributed by atoms with Gasteiger partial charge in [0.1, 0.15) is 0 Å². The van der Waals surface area contributed by atoms with E-state index < -0.39 is 0 Å². The van der Waals surface area contributed by atoms with Gasteiger partial charge < -0.3 is 0 Å². The third-order valence-electron chi connectivity index (χ3n) is 2.32. The van der Waals surface area contributed by atoms with Crippen molar-refractivity contribution in [3.63, 3.8) is 0 Å². The lowest BCUT2D eigenvalue weighted by Gasteiger charge is -2.14. The van der Waals surface area contributed by atoms with Crippen molar-refractivity contribution >= 4 is 0 Å². The molecule has 2 atom stereocenters. The molecular formula is C8H9N3. The highest BCUT2D eigenvalue weighted by Gasteiger charge is 2.34. The first-order valence-corrected chi connectivity index (χ1v) is 3.81. The van der Waals surface area contributed by atoms with Crippen molar-refractivity contribution in [3.8, 4) is 0 Å². The van der Waals surface area contributed by atoms with Crippen LogP contribution < -0.4 is 16.2 Å². The molecule has 0 spiro atoms. The van der Waals surface area contributed by atoms with Crippen LogP contribution in [-0.2, 0) is 0 Å². The van der Waals surface area contributed by atoms with Crippen molar-refractivity contribution in [2.75, 3.05) is 0 Å². The second-order valence-electron chi connectivity index (χ2n) is 2.95. The van der Waals surface area contributed by atoms with E-state index in [1.165, 1.54) is 11.1 Å². The van der Waals surface area contributed by atoms with Crippen molar-refractivity contribution < 1.29 is 0 Å². The van der Waals surface area contributed by atoms with Gasteiger partial charge in [-0.3, -0.25) is 5.32 Å². The van der Waals surface area contributed by atoms with Gasteiger partial charge in [0.2, 0.25) is 0 Å². The zero-order chi connectivity index (χ0) is 7.26. The van der Waals surface area contributed by atoms with Gasteiger partial charge in [0.05, 0.1) is 12.3 Å². The molecule has 3 N–H and O–H groups in total. The summed E-state index contributed by atoms with van der Waals surface area (Å²) in [7, 11) is 0. The van der Waals surface area contributed by atoms with E-state index >= 15 is 0 Å². The molecule has 56 valence electrons. The Bertz CT molecular complexity index is 268. The van der Waals surface area contributed by atoms with Crippen LogP contribution in [0.25, 0.3) is 0 Å². The molecule has 0 saturated carbocycles. The molecule has 1 saturated heterocycles. The van der Waals surface area contributed by atoms with Gasteiger partial charge in [-0.1, -0.05) is 24.3 Å². The molecular weight excluding hydrogens is 138 g/mol. The predicted molar refractivity (Wildman–Crippen MR) is 41.3 cm³/mol. The van der Waals surface area contributed by atoms with Crippen molar-refractivity contribution in [2.24, 2.45) is 0 Å². The molecule has 2 unspecified atom stereocenters. The summed E-state index contributed by atoms with van der Waals surface area (Å²) in [6.45, 7) is 0. The largest absolute Gasteiger partial charge is 0.277 e. The fourth-order valence-corrected chi connectivity index (χ4v) is 1.79. The molecule has 3 nitrogen and oxygen atoms in total. The summed E-state index contributed by atoms with van der Waals surface area (Å²) in [4.78, 5) is 0. The van der Waals surface area contributed by atoms with Crippen LogP contribution >= 0.6 is 0 Å². The third kappa shape index (κ3) is 0.625. The van der Waals surface area contributed by atoms with Gasteiger partial charge >= 0.3 is 0 Å². The minimum atomic E-state index is 0.316. The minimum Gasteiger partial charge on any atom is -0.277 e. The van der Waals surface area contributed by atoms with Gasteiger partial charge in [0, 0.05) is 0 Å². The Labute approximate surface area is 64.8 Å². The number of nitrogens with one attached hydrogen (secondary N) is 3. The lowest BCUT2D eigenvalue weighted by molar-refractivity contribution is 0.523. The van der Waals surface area contributed by atoms with E-state index in [1.54, 1.807) is 0 Å². The van der Waals surface area contributed by atoms with E-state index in [0.29, 0.717) is 12.3 Å². The molecule has 2 bridgehead atoms. The summed E-state index contributed by atoms with van der Waals surface area (Å²) in [6, 6.07) is 8.45. The van der Waals surface area contributed by atoms with Crippen LogP contribution in [0.4, 0.5) is 0 Å². The second-order valence-corrected chi connectivity index (χ2v) is 2.95. The standard InChI is InChI=1S/C8H9N3/c1-2-4-6-5(3-1)7-9-8(6)11-10-7/h1-4,7-11H. The molecule has 1 aromatic carbocycles. The van der Waals surface area contributed by atoms with Crippen molar-refractivity contribution in [3.05, 3.63) is 35.4 Å². The van der Waals surface area contributed by atoms with Gasteiger partial charge in [-0.15, -0.1) is 0 Å². The number of hydrazine groups is 1. The highest BCUT2D eigenvalue weighted by atomic mass is 15.6. The van der Waals surface area contributed by atoms with Gasteiger partial charge in [-0.05, 0) is 11.1 Å². The Morgan fingerprint density at radius 3 is 2.00 bits per heavy atom. The predicted octanol–water partition coefficient (Wildman–Crippen LogP) is 0.395. The van der Waals surface area contributed by atoms with E-state index in [-0.39, 0.29) is 0 Å². The van der Waals surface area contributed by atoms with Gasteiger partial charge in [-0.2, -0.15) is 0 Å². The molecule has 2 heterocycles. The number of hydrogen-bond acceptors (Lipinski definition) is 3. The maximum atomic E-state index is 3.37. The van der Waals surface area contributed by atoms with Crippen LogP contribution in [0.1, 0.15) is 23.5 Å². The molecule has 2 aliphatic rings. The summed E-state index contributed by atoms with van der Waals surface area (Å²) >= 11 is 0. The molecule has 11 heavy (non-hydrogen) atoms. The van der Waals surface area contributed by atoms with Crippen molar-refractivity contribution in [1.82, 2.24) is 16.2 Å². The van der Waals surface area contributed by atoms with Crippen LogP contribution in [-0.4, -0.2) is 0 Å². The number of rotatable bonds is 0. The zero-order valence-electron chi connectivity index (χ0n) is 5.96. The van der Waals surface area contributed by atoms with Crippen LogP contribution in [0.5, 0.6) is 0 Å². The van der Waals surface area contributed by atoms with E-state index in [0.717, 1.165) is 0 Å². The Hall–Kier alpha value is -0.900. The third-order valence-corrected chi connectivity index (χ3v) is 2.32. The van der Waals surface area contributed by atoms with E-state index in [4.69, 9.17) is 0 Å². The maximum Gasteiger partial charge on any atom is 0.0982 e. The first-order valence-electron chi connectivity index (χ1n) is 3.81. The zero-order valence-corrected chi connectivity index (χ0v) is 5.96. The smallest absolute Gasteiger partial charge is 0.0982 e. The Morgan fingerprint density at radius 1 is 0.909 bits per heavy atom. The van der Waals surface area contributed by atoms with Gasteiger partial charge in [0.25, 0.3) is 0 Å². The Balaban J connectivity index is 2.23. The summed E-state index contributed by atoms with van der Waals surface area (Å²) < 4.78 is 0. The van der Waals surface area contributed by atoms with Crippen LogP contribution in [0.2, 0.25) is 0 Å². The topological polar surface area (TPSA) is 36.1 Å². The lowest BCUT2D eigenvalue weighted by atomic mass is 10.1. The molecule has 0 aliphatic carbocycles. The molecule has 0 amide bonds. The quantitative estimate of drug-likeness (QED) is 0.497. The molecule has 0 radical (unpaired) electrons. The second kappa shape index (κ2) is 1.82. The number of hydrogen-bond donors (Lipinski definition) is 3. The highest BCUT2D eigenvalue weighted by molar-refractivity contribution is 5.37. The van der Waals surface area contributed by atoms with Crippen LogP contribution in [0.3, 0.4) is 0 Å². The van der Waals surface area contributed by atoms with Gasteiger partial charge in [-0.25, -0.2) is 10.9 Å². The van der Waals surface area contributed by atoms with E-state index in [2.05, 4.69) is 40.4 Å². The molecule has 2 aliphatic heterocycles. The average molecular weight is 147 g/mol. The number of fused-ring (bicyclic) bond motifs is 5. The maximum absolute atomic E-state index is 3.37. The summed E-state index contributed by atoms with van der Waals surface area (Å²) in [5.41, 5.74) is 9.05. The van der Waals surface area contributed by atoms with Crippen LogP contribution in [0, 0.1) is 0 Å².